The number of hydrogen-bond donors (Lipinski definition) is 2. The summed E-state index contributed by atoms with van der Waals surface area (Å²) in [5.74, 6) is -0.579. The molecule has 29 heavy (non-hydrogen) atoms. The molecule has 0 radical (unpaired) electrons. The highest BCUT2D eigenvalue weighted by atomic mass is 32.2. The number of carbonyl (C=O) groups is 2. The molecule has 0 spiro atoms. The van der Waals surface area contributed by atoms with Crippen molar-refractivity contribution in [1.29, 1.82) is 0 Å². The highest BCUT2D eigenvalue weighted by Gasteiger charge is 2.35. The zero-order valence-electron chi connectivity index (χ0n) is 14.7. The molecule has 0 bridgehead atoms. The van der Waals surface area contributed by atoms with Crippen LogP contribution in [0, 0.1) is 5.82 Å². The molecule has 3 heterocycles. The fourth-order valence-electron chi connectivity index (χ4n) is 2.51. The van der Waals surface area contributed by atoms with Gasteiger partial charge in [0.15, 0.2) is 5.82 Å². The second-order valence-corrected chi connectivity index (χ2v) is 7.82. The summed E-state index contributed by atoms with van der Waals surface area (Å²) in [6, 6.07) is 9.33. The topological polar surface area (TPSA) is 114 Å². The number of aromatic nitrogens is 3. The van der Waals surface area contributed by atoms with Crippen molar-refractivity contribution in [2.75, 3.05) is 11.1 Å². The lowest BCUT2D eigenvalue weighted by Crippen LogP contribution is -2.28. The van der Waals surface area contributed by atoms with Gasteiger partial charge in [0.1, 0.15) is 5.82 Å². The fourth-order valence-corrected chi connectivity index (χ4v) is 4.07. The summed E-state index contributed by atoms with van der Waals surface area (Å²) in [7, 11) is 0. The van der Waals surface area contributed by atoms with Crippen LogP contribution in [-0.4, -0.2) is 31.0 Å². The maximum absolute atomic E-state index is 13.0. The van der Waals surface area contributed by atoms with Gasteiger partial charge in [-0.15, -0.1) is 11.3 Å². The summed E-state index contributed by atoms with van der Waals surface area (Å²) in [6.07, 6.45) is 1.68. The van der Waals surface area contributed by atoms with Crippen LogP contribution in [0.25, 0.3) is 6.08 Å². The number of thioether (sulfide) groups is 1. The number of anilines is 3. The molecule has 1 aliphatic rings. The van der Waals surface area contributed by atoms with Crippen LogP contribution < -0.4 is 11.1 Å². The van der Waals surface area contributed by atoms with Gasteiger partial charge in [-0.25, -0.2) is 4.39 Å². The molecule has 3 N–H and O–H groups in total. The van der Waals surface area contributed by atoms with Crippen molar-refractivity contribution < 1.29 is 14.0 Å². The van der Waals surface area contributed by atoms with Crippen molar-refractivity contribution in [1.82, 2.24) is 19.9 Å². The van der Waals surface area contributed by atoms with Gasteiger partial charge in [0.2, 0.25) is 11.9 Å². The molecule has 8 nitrogen and oxygen atoms in total. The zero-order valence-corrected chi connectivity index (χ0v) is 16.3. The summed E-state index contributed by atoms with van der Waals surface area (Å²) < 4.78 is 13.0. The molecule has 146 valence electrons. The Labute approximate surface area is 172 Å². The SMILES string of the molecule is Nc1nc(CN2C(=O)S/C(=C\c3cccs3)C2=O)nc(Nc2ccc(F)cc2)n1. The number of nitrogens with one attached hydrogen (secondary N) is 1. The molecule has 1 saturated heterocycles. The number of nitrogen functional groups attached to an aromatic ring is 1. The van der Waals surface area contributed by atoms with Crippen LogP contribution in [-0.2, 0) is 11.3 Å². The molecule has 1 fully saturated rings. The lowest BCUT2D eigenvalue weighted by molar-refractivity contribution is -0.123. The highest BCUT2D eigenvalue weighted by molar-refractivity contribution is 8.18. The van der Waals surface area contributed by atoms with E-state index in [1.165, 1.54) is 35.6 Å². The van der Waals surface area contributed by atoms with Gasteiger partial charge in [0, 0.05) is 10.6 Å². The van der Waals surface area contributed by atoms with E-state index in [1.807, 2.05) is 17.5 Å². The molecule has 2 amide bonds. The highest BCUT2D eigenvalue weighted by Crippen LogP contribution is 2.33. The first-order valence-corrected chi connectivity index (χ1v) is 9.99. The van der Waals surface area contributed by atoms with E-state index in [0.29, 0.717) is 10.6 Å². The van der Waals surface area contributed by atoms with Gasteiger partial charge >= 0.3 is 0 Å². The van der Waals surface area contributed by atoms with Crippen LogP contribution in [0.5, 0.6) is 0 Å². The number of carbonyl (C=O) groups excluding carboxylic acids is 2. The first kappa shape index (κ1) is 19.0. The molecule has 0 atom stereocenters. The Hall–Kier alpha value is -3.31. The maximum atomic E-state index is 13.0. The summed E-state index contributed by atoms with van der Waals surface area (Å²) in [6.45, 7) is -0.142. The number of benzene rings is 1. The maximum Gasteiger partial charge on any atom is 0.293 e. The van der Waals surface area contributed by atoms with Crippen LogP contribution in [0.2, 0.25) is 0 Å². The van der Waals surface area contributed by atoms with Crippen LogP contribution in [0.15, 0.2) is 46.7 Å². The normalized spacial score (nSPS) is 15.3. The van der Waals surface area contributed by atoms with Crippen LogP contribution in [0.4, 0.5) is 26.8 Å². The van der Waals surface area contributed by atoms with Gasteiger partial charge in [0.25, 0.3) is 11.1 Å². The van der Waals surface area contributed by atoms with E-state index in [2.05, 4.69) is 20.3 Å². The molecule has 0 aliphatic carbocycles. The average Bonchev–Trinajstić information content (AvgIpc) is 3.27. The molecular formula is C18H13FN6O2S2. The zero-order chi connectivity index (χ0) is 20.4. The lowest BCUT2D eigenvalue weighted by Gasteiger charge is -2.12. The fraction of sp³-hybridized carbons (Fsp3) is 0.0556. The molecule has 2 aromatic heterocycles. The number of hydrogen-bond acceptors (Lipinski definition) is 9. The van der Waals surface area contributed by atoms with Crippen LogP contribution in [0.3, 0.4) is 0 Å². The number of nitrogens with two attached hydrogens (primary N) is 1. The van der Waals surface area contributed by atoms with E-state index < -0.39 is 11.1 Å². The molecule has 0 unspecified atom stereocenters. The number of rotatable bonds is 5. The standard InChI is InChI=1S/C18H13FN6O2S2/c19-10-3-5-11(6-4-10)21-17-23-14(22-16(20)24-17)9-25-15(26)13(29-18(25)27)8-12-2-1-7-28-12/h1-8H,9H2,(H3,20,21,22,23,24)/b13-8-. The van der Waals surface area contributed by atoms with Crippen molar-refractivity contribution in [2.24, 2.45) is 0 Å². The number of halogens is 1. The first-order valence-electron chi connectivity index (χ1n) is 8.30. The number of amides is 2. The summed E-state index contributed by atoms with van der Waals surface area (Å²) in [5.41, 5.74) is 6.28. The third-order valence-corrected chi connectivity index (χ3v) is 5.52. The van der Waals surface area contributed by atoms with E-state index in [1.54, 1.807) is 6.08 Å². The number of nitrogens with zero attached hydrogens (tertiary/aromatic N) is 4. The second-order valence-electron chi connectivity index (χ2n) is 5.85. The first-order chi connectivity index (χ1) is 14.0. The van der Waals surface area contributed by atoms with Gasteiger partial charge in [-0.05, 0) is 53.5 Å². The molecule has 3 aromatic rings. The van der Waals surface area contributed by atoms with Crippen molar-refractivity contribution in [3.8, 4) is 0 Å². The molecule has 1 aromatic carbocycles. The monoisotopic (exact) mass is 428 g/mol. The summed E-state index contributed by atoms with van der Waals surface area (Å²) >= 11 is 2.33. The predicted octanol–water partition coefficient (Wildman–Crippen LogP) is 3.63. The Morgan fingerprint density at radius 3 is 2.66 bits per heavy atom. The Kier molecular flexibility index (Phi) is 5.23. The number of imide groups is 1. The van der Waals surface area contributed by atoms with Crippen LogP contribution >= 0.6 is 23.1 Å². The minimum atomic E-state index is -0.416. The van der Waals surface area contributed by atoms with E-state index >= 15 is 0 Å². The van der Waals surface area contributed by atoms with Gasteiger partial charge < -0.3 is 11.1 Å². The molecule has 1 aliphatic heterocycles. The van der Waals surface area contributed by atoms with E-state index in [4.69, 9.17) is 5.73 Å². The van der Waals surface area contributed by atoms with Gasteiger partial charge in [-0.3, -0.25) is 14.5 Å². The van der Waals surface area contributed by atoms with Gasteiger partial charge in [0.05, 0.1) is 11.4 Å². The smallest absolute Gasteiger partial charge is 0.293 e. The second kappa shape index (κ2) is 7.97. The molecule has 11 heteroatoms. The van der Waals surface area contributed by atoms with E-state index in [-0.39, 0.29) is 30.1 Å². The largest absolute Gasteiger partial charge is 0.368 e. The summed E-state index contributed by atoms with van der Waals surface area (Å²) in [4.78, 5) is 39.4. The van der Waals surface area contributed by atoms with E-state index in [0.717, 1.165) is 21.5 Å². The summed E-state index contributed by atoms with van der Waals surface area (Å²) in [5, 5.41) is 4.36. The van der Waals surface area contributed by atoms with Crippen molar-refractivity contribution in [3.63, 3.8) is 0 Å². The third-order valence-electron chi connectivity index (χ3n) is 3.79. The Bertz CT molecular complexity index is 1100. The minimum absolute atomic E-state index is 0.0688. The van der Waals surface area contributed by atoms with Crippen molar-refractivity contribution in [3.05, 3.63) is 63.2 Å². The van der Waals surface area contributed by atoms with E-state index in [9.17, 15) is 14.0 Å². The Balaban J connectivity index is 1.53. The predicted molar refractivity (Wildman–Crippen MR) is 110 cm³/mol. The lowest BCUT2D eigenvalue weighted by atomic mass is 10.3. The molecule has 4 rings (SSSR count). The van der Waals surface area contributed by atoms with Gasteiger partial charge in [-0.1, -0.05) is 6.07 Å². The van der Waals surface area contributed by atoms with Crippen molar-refractivity contribution >= 4 is 57.9 Å². The molecule has 0 saturated carbocycles. The van der Waals surface area contributed by atoms with Crippen molar-refractivity contribution in [2.45, 2.75) is 6.54 Å². The number of thiophene rings is 1. The van der Waals surface area contributed by atoms with Gasteiger partial charge in [-0.2, -0.15) is 15.0 Å². The molecular weight excluding hydrogens is 415 g/mol. The Morgan fingerprint density at radius 1 is 1.14 bits per heavy atom. The minimum Gasteiger partial charge on any atom is -0.368 e. The third kappa shape index (κ3) is 4.41. The Morgan fingerprint density at radius 2 is 1.93 bits per heavy atom. The van der Waals surface area contributed by atoms with Crippen LogP contribution in [0.1, 0.15) is 10.7 Å². The average molecular weight is 428 g/mol. The quantitative estimate of drug-likeness (QED) is 0.592.